The van der Waals surface area contributed by atoms with Crippen molar-refractivity contribution in [1.82, 2.24) is 4.72 Å². The highest BCUT2D eigenvalue weighted by atomic mass is 32.2. The van der Waals surface area contributed by atoms with Gasteiger partial charge in [-0.05, 0) is 35.2 Å². The van der Waals surface area contributed by atoms with Crippen molar-refractivity contribution in [2.24, 2.45) is 0 Å². The zero-order valence-electron chi connectivity index (χ0n) is 15.7. The number of hydrogen-bond acceptors (Lipinski definition) is 3. The fourth-order valence-electron chi connectivity index (χ4n) is 2.58. The Bertz CT molecular complexity index is 839. The fraction of sp³-hybridized carbons (Fsp3) is 0.350. The van der Waals surface area contributed by atoms with Gasteiger partial charge in [-0.1, -0.05) is 51.1 Å². The third-order valence-electron chi connectivity index (χ3n) is 4.11. The quantitative estimate of drug-likeness (QED) is 0.843. The number of benzene rings is 2. The highest BCUT2D eigenvalue weighted by Gasteiger charge is 2.17. The molecule has 0 atom stereocenters. The molecule has 1 amide bonds. The van der Waals surface area contributed by atoms with Gasteiger partial charge in [0.05, 0.1) is 4.90 Å². The molecule has 0 fully saturated rings. The topological polar surface area (TPSA) is 66.5 Å². The van der Waals surface area contributed by atoms with Crippen molar-refractivity contribution in [3.05, 3.63) is 60.2 Å². The summed E-state index contributed by atoms with van der Waals surface area (Å²) in [6, 6.07) is 16.0. The molecular formula is C20H26N2O3S. The molecule has 0 unspecified atom stereocenters. The Kier molecular flexibility index (Phi) is 6.21. The molecule has 0 aliphatic heterocycles. The Hall–Kier alpha value is -2.18. The minimum absolute atomic E-state index is 0.0326. The summed E-state index contributed by atoms with van der Waals surface area (Å²) in [5, 5.41) is 0. The Morgan fingerprint density at radius 3 is 2.08 bits per heavy atom. The van der Waals surface area contributed by atoms with Crippen LogP contribution in [-0.4, -0.2) is 27.4 Å². The number of sulfonamides is 1. The van der Waals surface area contributed by atoms with E-state index in [1.807, 2.05) is 24.3 Å². The summed E-state index contributed by atoms with van der Waals surface area (Å²) >= 11 is 0. The van der Waals surface area contributed by atoms with E-state index in [2.05, 4.69) is 25.5 Å². The number of anilines is 1. The minimum Gasteiger partial charge on any atom is -0.311 e. The van der Waals surface area contributed by atoms with Crippen LogP contribution >= 0.6 is 0 Å². The molecule has 0 aliphatic rings. The maximum atomic E-state index is 12.3. The largest absolute Gasteiger partial charge is 0.311 e. The SMILES string of the molecule is CC(=O)N(CCNS(=O)(=O)c1ccccc1)c1ccc(C(C)(C)C)cc1. The monoisotopic (exact) mass is 374 g/mol. The molecule has 0 radical (unpaired) electrons. The smallest absolute Gasteiger partial charge is 0.240 e. The summed E-state index contributed by atoms with van der Waals surface area (Å²) in [4.78, 5) is 13.8. The molecular weight excluding hydrogens is 348 g/mol. The second-order valence-corrected chi connectivity index (χ2v) is 8.95. The predicted molar refractivity (Wildman–Crippen MR) is 105 cm³/mol. The third-order valence-corrected chi connectivity index (χ3v) is 5.58. The van der Waals surface area contributed by atoms with Crippen LogP contribution in [0.5, 0.6) is 0 Å². The number of nitrogens with one attached hydrogen (secondary N) is 1. The Morgan fingerprint density at radius 2 is 1.58 bits per heavy atom. The van der Waals surface area contributed by atoms with Gasteiger partial charge in [0.25, 0.3) is 0 Å². The summed E-state index contributed by atoms with van der Waals surface area (Å²) in [5.74, 6) is -0.132. The van der Waals surface area contributed by atoms with Crippen LogP contribution < -0.4 is 9.62 Å². The van der Waals surface area contributed by atoms with Crippen molar-refractivity contribution in [2.45, 2.75) is 38.0 Å². The van der Waals surface area contributed by atoms with E-state index in [4.69, 9.17) is 0 Å². The number of carbonyl (C=O) groups excluding carboxylic acids is 1. The molecule has 2 aromatic carbocycles. The first-order valence-electron chi connectivity index (χ1n) is 8.54. The van der Waals surface area contributed by atoms with Crippen LogP contribution in [0, 0.1) is 0 Å². The van der Waals surface area contributed by atoms with E-state index in [0.29, 0.717) is 0 Å². The van der Waals surface area contributed by atoms with Crippen molar-refractivity contribution in [2.75, 3.05) is 18.0 Å². The molecule has 0 heterocycles. The zero-order chi connectivity index (χ0) is 19.4. The Morgan fingerprint density at radius 1 is 1.00 bits per heavy atom. The van der Waals surface area contributed by atoms with Crippen molar-refractivity contribution >= 4 is 21.6 Å². The Labute approximate surface area is 156 Å². The third kappa shape index (κ3) is 5.16. The van der Waals surface area contributed by atoms with Crippen LogP contribution in [0.2, 0.25) is 0 Å². The van der Waals surface area contributed by atoms with Crippen LogP contribution in [0.25, 0.3) is 0 Å². The number of amides is 1. The lowest BCUT2D eigenvalue weighted by molar-refractivity contribution is -0.116. The second kappa shape index (κ2) is 8.01. The van der Waals surface area contributed by atoms with Gasteiger partial charge in [-0.15, -0.1) is 0 Å². The zero-order valence-corrected chi connectivity index (χ0v) is 16.5. The summed E-state index contributed by atoms with van der Waals surface area (Å²) in [5.41, 5.74) is 1.96. The molecule has 0 saturated heterocycles. The summed E-state index contributed by atoms with van der Waals surface area (Å²) in [6.07, 6.45) is 0. The number of rotatable bonds is 6. The van der Waals surface area contributed by atoms with E-state index in [-0.39, 0.29) is 29.3 Å². The van der Waals surface area contributed by atoms with E-state index < -0.39 is 10.0 Å². The molecule has 0 saturated carbocycles. The van der Waals surface area contributed by atoms with Gasteiger partial charge < -0.3 is 4.90 Å². The van der Waals surface area contributed by atoms with Gasteiger partial charge in [-0.2, -0.15) is 0 Å². The Balaban J connectivity index is 2.06. The van der Waals surface area contributed by atoms with Gasteiger partial charge in [0.1, 0.15) is 0 Å². The molecule has 1 N–H and O–H groups in total. The molecule has 0 spiro atoms. The molecule has 0 bridgehead atoms. The van der Waals surface area contributed by atoms with Gasteiger partial charge in [0.2, 0.25) is 15.9 Å². The highest BCUT2D eigenvalue weighted by Crippen LogP contribution is 2.25. The lowest BCUT2D eigenvalue weighted by atomic mass is 9.87. The van der Waals surface area contributed by atoms with Crippen LogP contribution in [0.4, 0.5) is 5.69 Å². The fourth-order valence-corrected chi connectivity index (χ4v) is 3.63. The van der Waals surface area contributed by atoms with Crippen molar-refractivity contribution < 1.29 is 13.2 Å². The van der Waals surface area contributed by atoms with Gasteiger partial charge in [-0.25, -0.2) is 13.1 Å². The molecule has 0 aromatic heterocycles. The van der Waals surface area contributed by atoms with Crippen LogP contribution in [-0.2, 0) is 20.2 Å². The number of hydrogen-bond donors (Lipinski definition) is 1. The molecule has 2 rings (SSSR count). The standard InChI is InChI=1S/C20H26N2O3S/c1-16(23)22(18-12-10-17(11-13-18)20(2,3)4)15-14-21-26(24,25)19-8-6-5-7-9-19/h5-13,21H,14-15H2,1-4H3. The summed E-state index contributed by atoms with van der Waals surface area (Å²) < 4.78 is 27.1. The first-order valence-corrected chi connectivity index (χ1v) is 10.0. The van der Waals surface area contributed by atoms with Gasteiger partial charge in [0, 0.05) is 25.7 Å². The van der Waals surface area contributed by atoms with E-state index in [1.54, 1.807) is 23.1 Å². The van der Waals surface area contributed by atoms with E-state index in [9.17, 15) is 13.2 Å². The second-order valence-electron chi connectivity index (χ2n) is 7.18. The van der Waals surface area contributed by atoms with Crippen LogP contribution in [0.15, 0.2) is 59.5 Å². The van der Waals surface area contributed by atoms with Crippen molar-refractivity contribution in [3.8, 4) is 0 Å². The van der Waals surface area contributed by atoms with Gasteiger partial charge >= 0.3 is 0 Å². The van der Waals surface area contributed by atoms with Gasteiger partial charge in [-0.3, -0.25) is 4.79 Å². The molecule has 140 valence electrons. The molecule has 6 heteroatoms. The average Bonchev–Trinajstić information content (AvgIpc) is 2.58. The predicted octanol–water partition coefficient (Wildman–Crippen LogP) is 3.32. The summed E-state index contributed by atoms with van der Waals surface area (Å²) in [7, 11) is -3.58. The van der Waals surface area contributed by atoms with E-state index in [0.717, 1.165) is 5.69 Å². The van der Waals surface area contributed by atoms with Crippen LogP contribution in [0.1, 0.15) is 33.3 Å². The average molecular weight is 375 g/mol. The van der Waals surface area contributed by atoms with Crippen LogP contribution in [0.3, 0.4) is 0 Å². The van der Waals surface area contributed by atoms with Crippen molar-refractivity contribution in [1.29, 1.82) is 0 Å². The lowest BCUT2D eigenvalue weighted by Gasteiger charge is -2.24. The molecule has 26 heavy (non-hydrogen) atoms. The maximum absolute atomic E-state index is 12.3. The number of carbonyl (C=O) groups is 1. The highest BCUT2D eigenvalue weighted by molar-refractivity contribution is 7.89. The van der Waals surface area contributed by atoms with Crippen molar-refractivity contribution in [3.63, 3.8) is 0 Å². The lowest BCUT2D eigenvalue weighted by Crippen LogP contribution is -2.37. The van der Waals surface area contributed by atoms with E-state index in [1.165, 1.54) is 24.6 Å². The minimum atomic E-state index is -3.58. The number of nitrogens with zero attached hydrogens (tertiary/aromatic N) is 1. The molecule has 2 aromatic rings. The normalized spacial score (nSPS) is 12.0. The first-order chi connectivity index (χ1) is 12.1. The summed E-state index contributed by atoms with van der Waals surface area (Å²) in [6.45, 7) is 8.26. The molecule has 0 aliphatic carbocycles. The van der Waals surface area contributed by atoms with E-state index >= 15 is 0 Å². The molecule has 5 nitrogen and oxygen atoms in total. The first kappa shape index (κ1) is 20.1. The van der Waals surface area contributed by atoms with Gasteiger partial charge in [0.15, 0.2) is 0 Å². The maximum Gasteiger partial charge on any atom is 0.240 e.